The summed E-state index contributed by atoms with van der Waals surface area (Å²) in [5.74, 6) is 0.978. The summed E-state index contributed by atoms with van der Waals surface area (Å²) < 4.78 is 21.5. The van der Waals surface area contributed by atoms with Crippen LogP contribution in [0.1, 0.15) is 6.92 Å². The van der Waals surface area contributed by atoms with Crippen molar-refractivity contribution in [3.05, 3.63) is 42.5 Å². The number of carboxylic acids is 1. The van der Waals surface area contributed by atoms with Crippen LogP contribution in [0.15, 0.2) is 47.0 Å². The van der Waals surface area contributed by atoms with E-state index >= 15 is 0 Å². The molecule has 1 aromatic heterocycles. The molecule has 1 N–H and O–H groups in total. The fourth-order valence-corrected chi connectivity index (χ4v) is 2.45. The van der Waals surface area contributed by atoms with Crippen LogP contribution in [0.25, 0.3) is 22.8 Å². The number of hydrogen-bond acceptors (Lipinski definition) is 7. The van der Waals surface area contributed by atoms with Crippen molar-refractivity contribution in [2.75, 3.05) is 20.3 Å². The van der Waals surface area contributed by atoms with Crippen LogP contribution in [0.3, 0.4) is 0 Å². The van der Waals surface area contributed by atoms with Crippen molar-refractivity contribution < 1.29 is 28.6 Å². The fourth-order valence-electron chi connectivity index (χ4n) is 2.45. The molecule has 0 unspecified atom stereocenters. The Bertz CT molecular complexity index is 937. The zero-order chi connectivity index (χ0) is 19.2. The third-order valence-corrected chi connectivity index (χ3v) is 3.62. The number of carboxylic acid groups (broad SMARTS) is 1. The van der Waals surface area contributed by atoms with E-state index < -0.39 is 12.6 Å². The second-order valence-electron chi connectivity index (χ2n) is 5.40. The maximum atomic E-state index is 10.7. The molecule has 8 nitrogen and oxygen atoms in total. The van der Waals surface area contributed by atoms with Gasteiger partial charge in [0, 0.05) is 5.56 Å². The Morgan fingerprint density at radius 2 is 1.93 bits per heavy atom. The second kappa shape index (κ2) is 8.22. The quantitative estimate of drug-likeness (QED) is 0.644. The predicted octanol–water partition coefficient (Wildman–Crippen LogP) is 3.27. The van der Waals surface area contributed by atoms with E-state index in [9.17, 15) is 4.79 Å². The molecule has 0 aliphatic heterocycles. The average molecular weight is 370 g/mol. The molecule has 0 fully saturated rings. The number of ether oxygens (including phenoxy) is 3. The van der Waals surface area contributed by atoms with E-state index in [2.05, 4.69) is 10.1 Å². The van der Waals surface area contributed by atoms with Gasteiger partial charge in [-0.25, -0.2) is 4.79 Å². The van der Waals surface area contributed by atoms with Gasteiger partial charge in [0.1, 0.15) is 5.75 Å². The summed E-state index contributed by atoms with van der Waals surface area (Å²) in [6.07, 6.45) is 0. The van der Waals surface area contributed by atoms with Crippen LogP contribution in [0.2, 0.25) is 0 Å². The maximum absolute atomic E-state index is 10.7. The van der Waals surface area contributed by atoms with Crippen LogP contribution >= 0.6 is 0 Å². The Kier molecular flexibility index (Phi) is 5.55. The zero-order valence-electron chi connectivity index (χ0n) is 14.8. The minimum atomic E-state index is -1.07. The lowest BCUT2D eigenvalue weighted by Gasteiger charge is -2.11. The number of hydrogen-bond donors (Lipinski definition) is 1. The number of para-hydroxylation sites is 1. The first-order chi connectivity index (χ1) is 13.1. The monoisotopic (exact) mass is 370 g/mol. The summed E-state index contributed by atoms with van der Waals surface area (Å²) in [5.41, 5.74) is 1.33. The Hall–Kier alpha value is -3.55. The van der Waals surface area contributed by atoms with Gasteiger partial charge in [0.15, 0.2) is 18.1 Å². The van der Waals surface area contributed by atoms with Crippen LogP contribution in [0, 0.1) is 0 Å². The smallest absolute Gasteiger partial charge is 0.341 e. The molecule has 0 radical (unpaired) electrons. The largest absolute Gasteiger partial charge is 0.496 e. The van der Waals surface area contributed by atoms with Gasteiger partial charge in [0.05, 0.1) is 19.3 Å². The molecule has 0 saturated heterocycles. The van der Waals surface area contributed by atoms with Gasteiger partial charge in [-0.3, -0.25) is 0 Å². The SMILES string of the molecule is CCOc1cc(-c2noc(-c3ccccc3OC)n2)ccc1OCC(=O)O. The first-order valence-electron chi connectivity index (χ1n) is 8.21. The number of carbonyl (C=O) groups is 1. The maximum Gasteiger partial charge on any atom is 0.341 e. The van der Waals surface area contributed by atoms with E-state index in [4.69, 9.17) is 23.8 Å². The van der Waals surface area contributed by atoms with Gasteiger partial charge >= 0.3 is 5.97 Å². The van der Waals surface area contributed by atoms with Gasteiger partial charge in [-0.15, -0.1) is 0 Å². The summed E-state index contributed by atoms with van der Waals surface area (Å²) in [5, 5.41) is 12.8. The average Bonchev–Trinajstić information content (AvgIpc) is 3.17. The van der Waals surface area contributed by atoms with Gasteiger partial charge < -0.3 is 23.8 Å². The second-order valence-corrected chi connectivity index (χ2v) is 5.40. The molecular formula is C19H18N2O6. The highest BCUT2D eigenvalue weighted by molar-refractivity contribution is 5.69. The van der Waals surface area contributed by atoms with Crippen LogP contribution in [-0.2, 0) is 4.79 Å². The highest BCUT2D eigenvalue weighted by Crippen LogP contribution is 2.34. The normalized spacial score (nSPS) is 10.4. The molecule has 0 aliphatic carbocycles. The van der Waals surface area contributed by atoms with Crippen LogP contribution in [0.5, 0.6) is 17.2 Å². The lowest BCUT2D eigenvalue weighted by atomic mass is 10.2. The highest BCUT2D eigenvalue weighted by atomic mass is 16.5. The molecule has 0 atom stereocenters. The van der Waals surface area contributed by atoms with E-state index in [1.807, 2.05) is 25.1 Å². The number of methoxy groups -OCH3 is 1. The summed E-state index contributed by atoms with van der Waals surface area (Å²) in [7, 11) is 1.57. The molecule has 0 spiro atoms. The minimum absolute atomic E-state index is 0.326. The molecule has 27 heavy (non-hydrogen) atoms. The lowest BCUT2D eigenvalue weighted by Crippen LogP contribution is -2.10. The van der Waals surface area contributed by atoms with Crippen molar-refractivity contribution in [1.29, 1.82) is 0 Å². The molecule has 1 heterocycles. The van der Waals surface area contributed by atoms with E-state index in [0.29, 0.717) is 46.7 Å². The van der Waals surface area contributed by atoms with Gasteiger partial charge in [-0.05, 0) is 37.3 Å². The van der Waals surface area contributed by atoms with E-state index in [1.165, 1.54) is 0 Å². The number of benzene rings is 2. The standard InChI is InChI=1S/C19H18N2O6/c1-3-25-16-10-12(8-9-15(16)26-11-17(22)23)18-20-19(27-21-18)13-6-4-5-7-14(13)24-2/h4-10H,3,11H2,1-2H3,(H,22,23). The highest BCUT2D eigenvalue weighted by Gasteiger charge is 2.16. The Morgan fingerprint density at radius 3 is 2.67 bits per heavy atom. The fraction of sp³-hybridized carbons (Fsp3) is 0.211. The van der Waals surface area contributed by atoms with E-state index in [0.717, 1.165) is 0 Å². The first-order valence-corrected chi connectivity index (χ1v) is 8.21. The van der Waals surface area contributed by atoms with Gasteiger partial charge in [-0.2, -0.15) is 4.98 Å². The van der Waals surface area contributed by atoms with Gasteiger partial charge in [0.2, 0.25) is 5.82 Å². The summed E-state index contributed by atoms with van der Waals surface area (Å²) >= 11 is 0. The third-order valence-electron chi connectivity index (χ3n) is 3.62. The predicted molar refractivity (Wildman–Crippen MR) is 96.0 cm³/mol. The van der Waals surface area contributed by atoms with Gasteiger partial charge in [0.25, 0.3) is 5.89 Å². The van der Waals surface area contributed by atoms with Crippen molar-refractivity contribution in [3.8, 4) is 40.1 Å². The molecule has 3 aromatic rings. The van der Waals surface area contributed by atoms with Crippen LogP contribution in [0.4, 0.5) is 0 Å². The van der Waals surface area contributed by atoms with E-state index in [1.54, 1.807) is 31.4 Å². The number of nitrogens with zero attached hydrogens (tertiary/aromatic N) is 2. The molecular weight excluding hydrogens is 352 g/mol. The number of aliphatic carboxylic acids is 1. The number of aromatic nitrogens is 2. The van der Waals surface area contributed by atoms with Crippen molar-refractivity contribution in [1.82, 2.24) is 10.1 Å². The van der Waals surface area contributed by atoms with Crippen molar-refractivity contribution >= 4 is 5.97 Å². The Morgan fingerprint density at radius 1 is 1.11 bits per heavy atom. The summed E-state index contributed by atoms with van der Waals surface area (Å²) in [6, 6.07) is 12.3. The number of rotatable bonds is 8. The molecule has 3 rings (SSSR count). The molecule has 0 amide bonds. The Labute approximate surface area is 155 Å². The van der Waals surface area contributed by atoms with Crippen LogP contribution in [-0.4, -0.2) is 41.5 Å². The Balaban J connectivity index is 1.91. The first kappa shape index (κ1) is 18.2. The lowest BCUT2D eigenvalue weighted by molar-refractivity contribution is -0.139. The molecule has 8 heteroatoms. The van der Waals surface area contributed by atoms with Crippen molar-refractivity contribution in [2.24, 2.45) is 0 Å². The third kappa shape index (κ3) is 4.17. The zero-order valence-corrected chi connectivity index (χ0v) is 14.8. The topological polar surface area (TPSA) is 104 Å². The van der Waals surface area contributed by atoms with Gasteiger partial charge in [-0.1, -0.05) is 17.3 Å². The summed E-state index contributed by atoms with van der Waals surface area (Å²) in [6.45, 7) is 1.76. The summed E-state index contributed by atoms with van der Waals surface area (Å²) in [4.78, 5) is 15.1. The minimum Gasteiger partial charge on any atom is -0.496 e. The molecule has 0 aliphatic rings. The van der Waals surface area contributed by atoms with Crippen molar-refractivity contribution in [2.45, 2.75) is 6.92 Å². The molecule has 140 valence electrons. The van der Waals surface area contributed by atoms with Crippen molar-refractivity contribution in [3.63, 3.8) is 0 Å². The molecule has 2 aromatic carbocycles. The molecule has 0 bridgehead atoms. The van der Waals surface area contributed by atoms with E-state index in [-0.39, 0.29) is 0 Å². The molecule has 0 saturated carbocycles. The van der Waals surface area contributed by atoms with Crippen LogP contribution < -0.4 is 14.2 Å².